The summed E-state index contributed by atoms with van der Waals surface area (Å²) >= 11 is 2.45. The fraction of sp³-hybridized carbons (Fsp3) is 0.121. The molecule has 1 amide bonds. The Bertz CT molecular complexity index is 1690. The molecule has 6 rings (SSSR count). The molecule has 1 atom stereocenters. The molecule has 39 heavy (non-hydrogen) atoms. The Morgan fingerprint density at radius 1 is 0.821 bits per heavy atom. The van der Waals surface area contributed by atoms with Gasteiger partial charge in [-0.05, 0) is 57.5 Å². The molecule has 1 aliphatic rings. The molecular weight excluding hydrogens is 599 g/mol. The Kier molecular flexibility index (Phi) is 6.87. The summed E-state index contributed by atoms with van der Waals surface area (Å²) in [6.45, 7) is 0.448. The number of aromatic nitrogens is 1. The van der Waals surface area contributed by atoms with Crippen molar-refractivity contribution in [3.63, 3.8) is 0 Å². The van der Waals surface area contributed by atoms with E-state index in [1.54, 1.807) is 14.2 Å². The van der Waals surface area contributed by atoms with Crippen molar-refractivity contribution >= 4 is 45.1 Å². The number of nitrogens with zero attached hydrogens (tertiary/aromatic N) is 1. The van der Waals surface area contributed by atoms with Crippen LogP contribution in [0.4, 0.5) is 0 Å². The number of rotatable bonds is 6. The van der Waals surface area contributed by atoms with Crippen LogP contribution in [0.5, 0.6) is 11.5 Å². The number of ether oxygens (including phenoxy) is 2. The van der Waals surface area contributed by atoms with E-state index in [1.807, 2.05) is 71.6 Å². The molecule has 2 heterocycles. The van der Waals surface area contributed by atoms with Crippen LogP contribution in [0.1, 0.15) is 38.7 Å². The summed E-state index contributed by atoms with van der Waals surface area (Å²) in [6, 6.07) is 34.5. The number of benzene rings is 4. The van der Waals surface area contributed by atoms with E-state index >= 15 is 0 Å². The number of carbonyl (C=O) groups is 1. The van der Waals surface area contributed by atoms with Gasteiger partial charge in [-0.1, -0.05) is 84.9 Å². The molecule has 194 valence electrons. The van der Waals surface area contributed by atoms with Gasteiger partial charge in [-0.2, -0.15) is 0 Å². The zero-order valence-corrected chi connectivity index (χ0v) is 23.8. The Morgan fingerprint density at radius 3 is 2.21 bits per heavy atom. The molecule has 5 aromatic rings. The van der Waals surface area contributed by atoms with Crippen LogP contribution in [0.15, 0.2) is 107 Å². The normalized spacial score (nSPS) is 15.3. The van der Waals surface area contributed by atoms with E-state index in [-0.39, 0.29) is 11.8 Å². The van der Waals surface area contributed by atoms with E-state index in [9.17, 15) is 4.79 Å². The maximum Gasteiger partial charge on any atom is 0.275 e. The molecule has 1 aliphatic heterocycles. The third kappa shape index (κ3) is 4.48. The number of allylic oxidation sites excluding steroid dienone is 1. The van der Waals surface area contributed by atoms with Crippen LogP contribution in [-0.4, -0.2) is 30.0 Å². The molecule has 0 fully saturated rings. The fourth-order valence-corrected chi connectivity index (χ4v) is 6.69. The van der Waals surface area contributed by atoms with E-state index < -0.39 is 0 Å². The first-order chi connectivity index (χ1) is 19.1. The molecule has 0 saturated heterocycles. The number of halogens is 1. The van der Waals surface area contributed by atoms with E-state index in [4.69, 9.17) is 9.47 Å². The zero-order chi connectivity index (χ0) is 26.9. The standard InChI is InChI=1S/C33H27IN2O3/c1-38-26-18-17-23(19-27(26)39-2)28-29-24-15-9-10-16-25(24)35-31(29)33(37)36(20-21-11-5-3-6-12-21)32(30(28)34)22-13-7-4-8-14-22/h3-19,28,35H,20H2,1-2H3. The fourth-order valence-electron chi connectivity index (χ4n) is 5.41. The van der Waals surface area contributed by atoms with E-state index in [1.165, 1.54) is 0 Å². The maximum absolute atomic E-state index is 14.6. The van der Waals surface area contributed by atoms with Gasteiger partial charge in [0, 0.05) is 26.0 Å². The highest BCUT2D eigenvalue weighted by atomic mass is 127. The molecule has 0 saturated carbocycles. The lowest BCUT2D eigenvalue weighted by Gasteiger charge is -2.27. The van der Waals surface area contributed by atoms with E-state index in [0.717, 1.165) is 42.4 Å². The summed E-state index contributed by atoms with van der Waals surface area (Å²) in [5.74, 6) is 1.05. The largest absolute Gasteiger partial charge is 0.493 e. The summed E-state index contributed by atoms with van der Waals surface area (Å²) in [6.07, 6.45) is 0. The Morgan fingerprint density at radius 2 is 1.49 bits per heavy atom. The minimum Gasteiger partial charge on any atom is -0.493 e. The van der Waals surface area contributed by atoms with Gasteiger partial charge in [0.25, 0.3) is 5.91 Å². The number of H-pyrrole nitrogens is 1. The average Bonchev–Trinajstić information content (AvgIpc) is 3.33. The van der Waals surface area contributed by atoms with Crippen LogP contribution in [-0.2, 0) is 6.54 Å². The highest BCUT2D eigenvalue weighted by Gasteiger charge is 2.38. The highest BCUT2D eigenvalue weighted by molar-refractivity contribution is 14.1. The van der Waals surface area contributed by atoms with Gasteiger partial charge in [-0.25, -0.2) is 0 Å². The minimum atomic E-state index is -0.212. The monoisotopic (exact) mass is 626 g/mol. The Labute approximate surface area is 241 Å². The molecular formula is C33H27IN2O3. The van der Waals surface area contributed by atoms with Gasteiger partial charge in [-0.3, -0.25) is 4.79 Å². The predicted molar refractivity (Wildman–Crippen MR) is 163 cm³/mol. The van der Waals surface area contributed by atoms with Gasteiger partial charge in [0.15, 0.2) is 11.5 Å². The number of para-hydroxylation sites is 1. The van der Waals surface area contributed by atoms with Crippen LogP contribution >= 0.6 is 22.6 Å². The van der Waals surface area contributed by atoms with Crippen LogP contribution in [0, 0.1) is 0 Å². The van der Waals surface area contributed by atoms with Gasteiger partial charge in [0.2, 0.25) is 0 Å². The molecule has 1 unspecified atom stereocenters. The number of hydrogen-bond acceptors (Lipinski definition) is 3. The highest BCUT2D eigenvalue weighted by Crippen LogP contribution is 2.49. The first-order valence-electron chi connectivity index (χ1n) is 12.7. The zero-order valence-electron chi connectivity index (χ0n) is 21.6. The maximum atomic E-state index is 14.6. The first-order valence-corrected chi connectivity index (χ1v) is 13.8. The Balaban J connectivity index is 1.68. The van der Waals surface area contributed by atoms with E-state index in [2.05, 4.69) is 64.0 Å². The molecule has 4 aromatic carbocycles. The number of amides is 1. The molecule has 1 N–H and O–H groups in total. The lowest BCUT2D eigenvalue weighted by atomic mass is 9.88. The van der Waals surface area contributed by atoms with Crippen LogP contribution in [0.25, 0.3) is 16.6 Å². The van der Waals surface area contributed by atoms with Gasteiger partial charge >= 0.3 is 0 Å². The number of fused-ring (bicyclic) bond motifs is 3. The van der Waals surface area contributed by atoms with Crippen molar-refractivity contribution in [1.82, 2.24) is 9.88 Å². The van der Waals surface area contributed by atoms with E-state index in [0.29, 0.717) is 23.7 Å². The molecule has 0 bridgehead atoms. The predicted octanol–water partition coefficient (Wildman–Crippen LogP) is 7.78. The summed E-state index contributed by atoms with van der Waals surface area (Å²) in [4.78, 5) is 20.0. The molecule has 0 radical (unpaired) electrons. The quantitative estimate of drug-likeness (QED) is 0.196. The molecule has 0 spiro atoms. The Hall–Kier alpha value is -4.04. The number of aromatic amines is 1. The van der Waals surface area contributed by atoms with Crippen molar-refractivity contribution in [2.24, 2.45) is 0 Å². The average molecular weight is 626 g/mol. The third-order valence-corrected chi connectivity index (χ3v) is 8.35. The van der Waals surface area contributed by atoms with Gasteiger partial charge in [0.05, 0.1) is 26.5 Å². The summed E-state index contributed by atoms with van der Waals surface area (Å²) in [7, 11) is 3.28. The van der Waals surface area contributed by atoms with Crippen LogP contribution < -0.4 is 9.47 Å². The van der Waals surface area contributed by atoms with Crippen molar-refractivity contribution in [3.05, 3.63) is 135 Å². The minimum absolute atomic E-state index is 0.0546. The molecule has 1 aromatic heterocycles. The summed E-state index contributed by atoms with van der Waals surface area (Å²) in [5.41, 5.74) is 6.48. The topological polar surface area (TPSA) is 54.6 Å². The SMILES string of the molecule is COc1ccc(C2C(I)=C(c3ccccc3)N(Cc3ccccc3)C(=O)c3[nH]c4ccccc4c32)cc1OC. The third-order valence-electron chi connectivity index (χ3n) is 7.22. The number of methoxy groups -OCH3 is 2. The second-order valence-corrected chi connectivity index (χ2v) is 10.6. The first kappa shape index (κ1) is 25.2. The lowest BCUT2D eigenvalue weighted by Crippen LogP contribution is -2.29. The number of carbonyl (C=O) groups excluding carboxylic acids is 1. The molecule has 6 heteroatoms. The summed E-state index contributed by atoms with van der Waals surface area (Å²) < 4.78 is 12.3. The van der Waals surface area contributed by atoms with Crippen LogP contribution in [0.2, 0.25) is 0 Å². The number of hydrogen-bond donors (Lipinski definition) is 1. The van der Waals surface area contributed by atoms with Gasteiger partial charge in [0.1, 0.15) is 5.69 Å². The second-order valence-electron chi connectivity index (χ2n) is 9.45. The van der Waals surface area contributed by atoms with Crippen molar-refractivity contribution in [2.75, 3.05) is 14.2 Å². The van der Waals surface area contributed by atoms with Crippen molar-refractivity contribution in [3.8, 4) is 11.5 Å². The number of nitrogens with one attached hydrogen (secondary N) is 1. The molecule has 5 nitrogen and oxygen atoms in total. The summed E-state index contributed by atoms with van der Waals surface area (Å²) in [5, 5.41) is 1.03. The smallest absolute Gasteiger partial charge is 0.275 e. The lowest BCUT2D eigenvalue weighted by molar-refractivity contribution is 0.0823. The molecule has 0 aliphatic carbocycles. The van der Waals surface area contributed by atoms with Crippen molar-refractivity contribution in [2.45, 2.75) is 12.5 Å². The van der Waals surface area contributed by atoms with Crippen molar-refractivity contribution < 1.29 is 14.3 Å². The van der Waals surface area contributed by atoms with Gasteiger partial charge < -0.3 is 19.4 Å². The van der Waals surface area contributed by atoms with Gasteiger partial charge in [-0.15, -0.1) is 0 Å². The second kappa shape index (κ2) is 10.6. The van der Waals surface area contributed by atoms with Crippen molar-refractivity contribution in [1.29, 1.82) is 0 Å². The van der Waals surface area contributed by atoms with Crippen LogP contribution in [0.3, 0.4) is 0 Å².